The summed E-state index contributed by atoms with van der Waals surface area (Å²) in [7, 11) is 0. The fourth-order valence-corrected chi connectivity index (χ4v) is 11.6. The van der Waals surface area contributed by atoms with Crippen LogP contribution in [0.3, 0.4) is 0 Å². The van der Waals surface area contributed by atoms with Crippen molar-refractivity contribution in [1.29, 1.82) is 0 Å². The Balaban J connectivity index is 1.39. The zero-order valence-corrected chi connectivity index (χ0v) is 30.3. The number of alkyl halides is 1. The predicted octanol–water partition coefficient (Wildman–Crippen LogP) is 6.60. The second kappa shape index (κ2) is 15.1. The van der Waals surface area contributed by atoms with Crippen molar-refractivity contribution in [3.8, 4) is 5.75 Å². The summed E-state index contributed by atoms with van der Waals surface area (Å²) in [6, 6.07) is 20.6. The maximum atomic E-state index is 15.1. The molecule has 6 rings (SSSR count). The number of halogens is 1. The first-order chi connectivity index (χ1) is 23.8. The zero-order valence-electron chi connectivity index (χ0n) is 27.9. The second-order valence-corrected chi connectivity index (χ2v) is 15.6. The Morgan fingerprint density at radius 1 is 0.980 bits per heavy atom. The van der Waals surface area contributed by atoms with E-state index in [0.29, 0.717) is 43.9 Å². The van der Waals surface area contributed by atoms with Gasteiger partial charge < -0.3 is 24.5 Å². The molecule has 3 fully saturated rings. The van der Waals surface area contributed by atoms with E-state index in [1.54, 1.807) is 38.6 Å². The molecule has 6 atom stereocenters. The number of rotatable bonds is 15. The van der Waals surface area contributed by atoms with Crippen LogP contribution < -0.4 is 14.5 Å². The highest BCUT2D eigenvalue weighted by Gasteiger charge is 2.76. The van der Waals surface area contributed by atoms with Crippen molar-refractivity contribution >= 4 is 67.6 Å². The number of likely N-dealkylation sites (tertiary alicyclic amines) is 1. The number of nitrogens with zero attached hydrogens (tertiary/aromatic N) is 3. The molecule has 10 heteroatoms. The van der Waals surface area contributed by atoms with Crippen molar-refractivity contribution < 1.29 is 24.2 Å². The quantitative estimate of drug-likeness (QED) is 0.107. The number of carbonyl (C=O) groups excluding carboxylic acids is 3. The first kappa shape index (κ1) is 35.2. The Bertz CT molecular complexity index is 1720. The van der Waals surface area contributed by atoms with Crippen molar-refractivity contribution in [3.05, 3.63) is 92.0 Å². The maximum Gasteiger partial charge on any atom is 0.251 e. The van der Waals surface area contributed by atoms with E-state index in [1.165, 1.54) is 0 Å². The van der Waals surface area contributed by atoms with E-state index < -0.39 is 22.6 Å². The third-order valence-corrected chi connectivity index (χ3v) is 13.2. The monoisotopic (exact) mass is 745 g/mol. The van der Waals surface area contributed by atoms with Gasteiger partial charge in [0.05, 0.1) is 23.2 Å². The van der Waals surface area contributed by atoms with Gasteiger partial charge in [-0.25, -0.2) is 0 Å². The van der Waals surface area contributed by atoms with Crippen LogP contribution in [-0.4, -0.2) is 81.4 Å². The minimum absolute atomic E-state index is 0.0560. The lowest BCUT2D eigenvalue weighted by Crippen LogP contribution is -2.56. The summed E-state index contributed by atoms with van der Waals surface area (Å²) < 4.78 is 4.84. The summed E-state index contributed by atoms with van der Waals surface area (Å²) >= 11 is 5.55. The lowest BCUT2D eigenvalue weighted by atomic mass is 9.70. The Labute approximate surface area is 301 Å². The van der Waals surface area contributed by atoms with Gasteiger partial charge in [-0.1, -0.05) is 58.4 Å². The van der Waals surface area contributed by atoms with Crippen molar-refractivity contribution in [2.75, 3.05) is 42.6 Å². The lowest BCUT2D eigenvalue weighted by molar-refractivity contribution is -0.139. The van der Waals surface area contributed by atoms with Crippen LogP contribution in [0.5, 0.6) is 5.75 Å². The number of fused-ring (bicyclic) bond motifs is 2. The second-order valence-electron chi connectivity index (χ2n) is 12.9. The van der Waals surface area contributed by atoms with Crippen LogP contribution in [0, 0.1) is 11.8 Å². The molecule has 8 nitrogen and oxygen atoms in total. The Morgan fingerprint density at radius 2 is 1.65 bits per heavy atom. The SMILES string of the molecule is C=CCN(C(=O)C1N(CCCCCO)C(=O)[C@@H]2[C@H](C(=O)N(CC=C)c3ccc(OCC)cc3)[C@H]3SC12CC3Br)c1ccc2ccccc2c1. The summed E-state index contributed by atoms with van der Waals surface area (Å²) in [5.74, 6) is -1.02. The molecule has 3 aromatic rings. The normalized spacial score (nSPS) is 25.3. The first-order valence-electron chi connectivity index (χ1n) is 17.1. The van der Waals surface area contributed by atoms with Crippen LogP contribution in [0.2, 0.25) is 0 Å². The predicted molar refractivity (Wildman–Crippen MR) is 202 cm³/mol. The Hall–Kier alpha value is -3.60. The lowest BCUT2D eigenvalue weighted by Gasteiger charge is -2.38. The highest BCUT2D eigenvalue weighted by atomic mass is 79.9. The van der Waals surface area contributed by atoms with Gasteiger partial charge in [0.15, 0.2) is 0 Å². The maximum absolute atomic E-state index is 15.1. The molecule has 3 amide bonds. The van der Waals surface area contributed by atoms with Crippen LogP contribution in [0.1, 0.15) is 32.6 Å². The average molecular weight is 747 g/mol. The molecule has 3 aromatic carbocycles. The van der Waals surface area contributed by atoms with Gasteiger partial charge in [-0.05, 0) is 79.8 Å². The van der Waals surface area contributed by atoms with E-state index in [4.69, 9.17) is 4.74 Å². The van der Waals surface area contributed by atoms with Crippen LogP contribution in [0.25, 0.3) is 10.8 Å². The summed E-state index contributed by atoms with van der Waals surface area (Å²) in [5, 5.41) is 11.3. The van der Waals surface area contributed by atoms with E-state index >= 15 is 4.79 Å². The molecule has 0 radical (unpaired) electrons. The fourth-order valence-electron chi connectivity index (χ4n) is 7.97. The van der Waals surface area contributed by atoms with Gasteiger partial charge >= 0.3 is 0 Å². The number of carbonyl (C=O) groups is 3. The summed E-state index contributed by atoms with van der Waals surface area (Å²) in [4.78, 5) is 49.7. The number of hydrogen-bond acceptors (Lipinski definition) is 6. The standard InChI is InChI=1S/C39H44BrN3O5S/c1-4-20-41(28-16-18-30(19-17-28)48-6-3)36(45)32-33-37(46)43(22-10-7-11-23-44)35(39(33)25-31(40)34(32)49-39)38(47)42(21-5-2)29-15-14-26-12-8-9-13-27(26)24-29/h4-5,8-9,12-19,24,31-35,44H,1-2,6-7,10-11,20-23,25H2,3H3/t31?,32-,33-,34-,35?,39?/m0/s1. The van der Waals surface area contributed by atoms with E-state index in [9.17, 15) is 14.7 Å². The molecule has 0 aliphatic carbocycles. The van der Waals surface area contributed by atoms with E-state index in [1.807, 2.05) is 73.7 Å². The fraction of sp³-hybridized carbons (Fsp3) is 0.410. The van der Waals surface area contributed by atoms with Crippen LogP contribution >= 0.6 is 27.7 Å². The molecule has 0 saturated carbocycles. The number of aliphatic hydroxyl groups excluding tert-OH is 1. The van der Waals surface area contributed by atoms with Crippen molar-refractivity contribution in [2.45, 2.75) is 53.5 Å². The third kappa shape index (κ3) is 6.43. The summed E-state index contributed by atoms with van der Waals surface area (Å²) in [6.07, 6.45) is 6.00. The Morgan fingerprint density at radius 3 is 2.33 bits per heavy atom. The topological polar surface area (TPSA) is 90.4 Å². The summed E-state index contributed by atoms with van der Waals surface area (Å²) in [5.41, 5.74) is 1.44. The molecule has 0 aromatic heterocycles. The van der Waals surface area contributed by atoms with E-state index in [2.05, 4.69) is 29.1 Å². The molecule has 3 heterocycles. The number of anilines is 2. The van der Waals surface area contributed by atoms with E-state index in [-0.39, 0.29) is 47.5 Å². The smallest absolute Gasteiger partial charge is 0.251 e. The first-order valence-corrected chi connectivity index (χ1v) is 18.9. The van der Waals surface area contributed by atoms with Crippen molar-refractivity contribution in [2.24, 2.45) is 11.8 Å². The van der Waals surface area contributed by atoms with Crippen molar-refractivity contribution in [1.82, 2.24) is 4.90 Å². The van der Waals surface area contributed by atoms with Gasteiger partial charge in [-0.2, -0.15) is 0 Å². The molecule has 258 valence electrons. The van der Waals surface area contributed by atoms with Crippen LogP contribution in [-0.2, 0) is 14.4 Å². The van der Waals surface area contributed by atoms with Gasteiger partial charge in [-0.15, -0.1) is 24.9 Å². The largest absolute Gasteiger partial charge is 0.494 e. The number of hydrogen-bond donors (Lipinski definition) is 1. The van der Waals surface area contributed by atoms with Gasteiger partial charge in [0, 0.05) is 47.7 Å². The van der Waals surface area contributed by atoms with Gasteiger partial charge in [0.2, 0.25) is 11.8 Å². The molecule has 3 aliphatic rings. The van der Waals surface area contributed by atoms with Crippen LogP contribution in [0.15, 0.2) is 92.0 Å². The van der Waals surface area contributed by atoms with Gasteiger partial charge in [0.1, 0.15) is 11.8 Å². The molecule has 3 unspecified atom stereocenters. The molecular formula is C39H44BrN3O5S. The molecular weight excluding hydrogens is 702 g/mol. The number of unbranched alkanes of at least 4 members (excludes halogenated alkanes) is 2. The highest BCUT2D eigenvalue weighted by molar-refractivity contribution is 9.09. The molecule has 1 N–H and O–H groups in total. The summed E-state index contributed by atoms with van der Waals surface area (Å²) in [6.45, 7) is 11.4. The molecule has 2 bridgehead atoms. The number of thioether (sulfide) groups is 1. The number of ether oxygens (including phenoxy) is 1. The third-order valence-electron chi connectivity index (χ3n) is 10.0. The van der Waals surface area contributed by atoms with Gasteiger partial charge in [-0.3, -0.25) is 14.4 Å². The Kier molecular flexibility index (Phi) is 10.9. The van der Waals surface area contributed by atoms with Crippen LogP contribution in [0.4, 0.5) is 11.4 Å². The van der Waals surface area contributed by atoms with E-state index in [0.717, 1.165) is 22.9 Å². The molecule has 49 heavy (non-hydrogen) atoms. The minimum atomic E-state index is -0.792. The molecule has 3 saturated heterocycles. The molecule has 3 aliphatic heterocycles. The number of amides is 3. The van der Waals surface area contributed by atoms with Crippen molar-refractivity contribution in [3.63, 3.8) is 0 Å². The average Bonchev–Trinajstić information content (AvgIpc) is 3.70. The minimum Gasteiger partial charge on any atom is -0.494 e. The highest BCUT2D eigenvalue weighted by Crippen LogP contribution is 2.68. The molecule has 1 spiro atoms. The number of aliphatic hydroxyl groups is 1. The number of benzene rings is 3. The van der Waals surface area contributed by atoms with Gasteiger partial charge in [0.25, 0.3) is 5.91 Å². The zero-order chi connectivity index (χ0) is 34.7.